The molecule has 0 saturated carbocycles. The summed E-state index contributed by atoms with van der Waals surface area (Å²) in [7, 11) is 0. The van der Waals surface area contributed by atoms with E-state index < -0.39 is 5.97 Å². The standard InChI is InChI=1S/C18H19FN4O3/c1-3-22(15-8-6-5-7-14(15)19)11-12-9-16(24)23-17(21-12)13(10-20-23)18(25)26-4-2/h5-10,20H,3-4,11H2,1-2H3. The third-order valence-electron chi connectivity index (χ3n) is 3.97. The summed E-state index contributed by atoms with van der Waals surface area (Å²) in [5, 5.41) is 2.70. The van der Waals surface area contributed by atoms with Crippen LogP contribution < -0.4 is 10.5 Å². The second kappa shape index (κ2) is 7.38. The molecule has 0 aliphatic heterocycles. The lowest BCUT2D eigenvalue weighted by Gasteiger charge is -2.23. The molecule has 7 nitrogen and oxygen atoms in total. The van der Waals surface area contributed by atoms with Crippen LogP contribution in [0.3, 0.4) is 0 Å². The number of halogens is 1. The Bertz CT molecular complexity index is 996. The van der Waals surface area contributed by atoms with Crippen molar-refractivity contribution in [3.63, 3.8) is 0 Å². The number of esters is 1. The number of carbonyl (C=O) groups is 1. The van der Waals surface area contributed by atoms with Crippen molar-refractivity contribution in [2.45, 2.75) is 20.4 Å². The van der Waals surface area contributed by atoms with Crippen LogP contribution in [0, 0.1) is 5.82 Å². The zero-order valence-corrected chi connectivity index (χ0v) is 14.5. The summed E-state index contributed by atoms with van der Waals surface area (Å²) in [6.07, 6.45) is 1.39. The average molecular weight is 358 g/mol. The normalized spacial score (nSPS) is 10.9. The fraction of sp³-hybridized carbons (Fsp3) is 0.278. The first kappa shape index (κ1) is 17.7. The first-order valence-electron chi connectivity index (χ1n) is 8.31. The van der Waals surface area contributed by atoms with Gasteiger partial charge in [0.15, 0.2) is 5.65 Å². The van der Waals surface area contributed by atoms with Crippen molar-refractivity contribution in [2.24, 2.45) is 0 Å². The maximum atomic E-state index is 14.1. The topological polar surface area (TPSA) is 79.7 Å². The van der Waals surface area contributed by atoms with Gasteiger partial charge >= 0.3 is 5.97 Å². The van der Waals surface area contributed by atoms with E-state index >= 15 is 0 Å². The number of nitrogens with zero attached hydrogens (tertiary/aromatic N) is 3. The number of hydrogen-bond donors (Lipinski definition) is 1. The maximum absolute atomic E-state index is 14.1. The van der Waals surface area contributed by atoms with Crippen LogP contribution in [0.2, 0.25) is 0 Å². The quantitative estimate of drug-likeness (QED) is 0.685. The molecule has 0 aliphatic rings. The lowest BCUT2D eigenvalue weighted by Crippen LogP contribution is -2.26. The predicted molar refractivity (Wildman–Crippen MR) is 94.9 cm³/mol. The minimum Gasteiger partial charge on any atom is -0.462 e. The van der Waals surface area contributed by atoms with E-state index in [1.165, 1.54) is 22.8 Å². The minimum absolute atomic E-state index is 0.180. The van der Waals surface area contributed by atoms with E-state index in [1.807, 2.05) is 6.92 Å². The van der Waals surface area contributed by atoms with Crippen LogP contribution in [0.4, 0.5) is 10.1 Å². The fourth-order valence-electron chi connectivity index (χ4n) is 2.74. The number of nitrogens with one attached hydrogen (secondary N) is 1. The Balaban J connectivity index is 2.00. The van der Waals surface area contributed by atoms with E-state index in [0.717, 1.165) is 0 Å². The van der Waals surface area contributed by atoms with Gasteiger partial charge in [0.2, 0.25) is 0 Å². The number of rotatable bonds is 6. The van der Waals surface area contributed by atoms with Crippen molar-refractivity contribution in [1.29, 1.82) is 0 Å². The largest absolute Gasteiger partial charge is 0.462 e. The lowest BCUT2D eigenvalue weighted by molar-refractivity contribution is 0.0528. The van der Waals surface area contributed by atoms with Gasteiger partial charge in [0.25, 0.3) is 5.56 Å². The highest BCUT2D eigenvalue weighted by atomic mass is 19.1. The molecule has 136 valence electrons. The molecule has 0 radical (unpaired) electrons. The number of hydrogen-bond acceptors (Lipinski definition) is 5. The Labute approximate surface area is 149 Å². The van der Waals surface area contributed by atoms with Gasteiger partial charge < -0.3 is 9.64 Å². The molecule has 1 N–H and O–H groups in total. The number of aromatic amines is 1. The van der Waals surface area contributed by atoms with Gasteiger partial charge in [-0.3, -0.25) is 9.89 Å². The van der Waals surface area contributed by atoms with Crippen LogP contribution in [0.5, 0.6) is 0 Å². The van der Waals surface area contributed by atoms with Crippen LogP contribution in [0.1, 0.15) is 29.9 Å². The van der Waals surface area contributed by atoms with Crippen molar-refractivity contribution in [2.75, 3.05) is 18.1 Å². The molecule has 0 unspecified atom stereocenters. The molecule has 0 fully saturated rings. The Morgan fingerprint density at radius 1 is 1.35 bits per heavy atom. The van der Waals surface area contributed by atoms with Crippen LogP contribution >= 0.6 is 0 Å². The molecule has 1 aromatic carbocycles. The highest BCUT2D eigenvalue weighted by Gasteiger charge is 2.18. The third kappa shape index (κ3) is 3.30. The smallest absolute Gasteiger partial charge is 0.343 e. The highest BCUT2D eigenvalue weighted by molar-refractivity contribution is 5.95. The summed E-state index contributed by atoms with van der Waals surface area (Å²) >= 11 is 0. The third-order valence-corrected chi connectivity index (χ3v) is 3.97. The maximum Gasteiger partial charge on any atom is 0.343 e. The van der Waals surface area contributed by atoms with Gasteiger partial charge in [-0.2, -0.15) is 0 Å². The molecule has 0 saturated heterocycles. The first-order chi connectivity index (χ1) is 12.5. The van der Waals surface area contributed by atoms with E-state index in [1.54, 1.807) is 30.0 Å². The molecule has 2 aromatic heterocycles. The van der Waals surface area contributed by atoms with Gasteiger partial charge in [-0.25, -0.2) is 18.7 Å². The minimum atomic E-state index is -0.559. The van der Waals surface area contributed by atoms with E-state index in [9.17, 15) is 14.0 Å². The number of fused-ring (bicyclic) bond motifs is 1. The number of ether oxygens (including phenoxy) is 1. The van der Waals surface area contributed by atoms with Crippen molar-refractivity contribution < 1.29 is 13.9 Å². The van der Waals surface area contributed by atoms with Gasteiger partial charge in [0, 0.05) is 18.8 Å². The highest BCUT2D eigenvalue weighted by Crippen LogP contribution is 2.20. The van der Waals surface area contributed by atoms with Crippen LogP contribution in [0.25, 0.3) is 5.65 Å². The summed E-state index contributed by atoms with van der Waals surface area (Å²) < 4.78 is 20.2. The molecule has 0 amide bonds. The number of aromatic nitrogens is 3. The first-order valence-corrected chi connectivity index (χ1v) is 8.31. The molecular weight excluding hydrogens is 339 g/mol. The Morgan fingerprint density at radius 3 is 2.81 bits per heavy atom. The van der Waals surface area contributed by atoms with Crippen LogP contribution in [-0.4, -0.2) is 33.7 Å². The van der Waals surface area contributed by atoms with Crippen LogP contribution in [0.15, 0.2) is 41.3 Å². The molecule has 0 bridgehead atoms. The van der Waals surface area contributed by atoms with Gasteiger partial charge in [-0.15, -0.1) is 0 Å². The van der Waals surface area contributed by atoms with Crippen molar-refractivity contribution in [3.8, 4) is 0 Å². The number of H-pyrrole nitrogens is 1. The monoisotopic (exact) mass is 358 g/mol. The number of para-hydroxylation sites is 1. The van der Waals surface area contributed by atoms with Gasteiger partial charge in [-0.05, 0) is 26.0 Å². The average Bonchev–Trinajstić information content (AvgIpc) is 3.05. The van der Waals surface area contributed by atoms with E-state index in [-0.39, 0.29) is 35.7 Å². The number of benzene rings is 1. The Morgan fingerprint density at radius 2 is 2.12 bits per heavy atom. The van der Waals surface area contributed by atoms with E-state index in [2.05, 4.69) is 10.1 Å². The molecule has 0 atom stereocenters. The van der Waals surface area contributed by atoms with Gasteiger partial charge in [0.1, 0.15) is 11.4 Å². The number of carbonyl (C=O) groups excluding carboxylic acids is 1. The summed E-state index contributed by atoms with van der Waals surface area (Å²) in [6.45, 7) is 4.57. The summed E-state index contributed by atoms with van der Waals surface area (Å²) in [5.74, 6) is -0.905. The van der Waals surface area contributed by atoms with Crippen LogP contribution in [-0.2, 0) is 11.3 Å². The summed E-state index contributed by atoms with van der Waals surface area (Å²) in [6, 6.07) is 7.79. The molecule has 3 aromatic rings. The van der Waals surface area contributed by atoms with Gasteiger partial charge in [-0.1, -0.05) is 12.1 Å². The zero-order valence-electron chi connectivity index (χ0n) is 14.5. The molecule has 0 spiro atoms. The molecule has 8 heteroatoms. The Kier molecular flexibility index (Phi) is 5.01. The molecule has 26 heavy (non-hydrogen) atoms. The molecular formula is C18H19FN4O3. The van der Waals surface area contributed by atoms with E-state index in [4.69, 9.17) is 4.74 Å². The summed E-state index contributed by atoms with van der Waals surface area (Å²) in [5.41, 5.74) is 0.877. The summed E-state index contributed by atoms with van der Waals surface area (Å²) in [4.78, 5) is 30.5. The molecule has 2 heterocycles. The lowest BCUT2D eigenvalue weighted by atomic mass is 10.2. The van der Waals surface area contributed by atoms with Crippen molar-refractivity contribution >= 4 is 17.3 Å². The molecule has 3 rings (SSSR count). The number of anilines is 1. The fourth-order valence-corrected chi connectivity index (χ4v) is 2.74. The van der Waals surface area contributed by atoms with Crippen molar-refractivity contribution in [3.05, 3.63) is 64.0 Å². The molecule has 0 aliphatic carbocycles. The van der Waals surface area contributed by atoms with Crippen molar-refractivity contribution in [1.82, 2.24) is 14.6 Å². The Hall–Kier alpha value is -3.16. The SMILES string of the molecule is CCOC(=O)c1c[nH]n2c(=O)cc(CN(CC)c3ccccc3F)nc12. The van der Waals surface area contributed by atoms with Gasteiger partial charge in [0.05, 0.1) is 24.5 Å². The second-order valence-electron chi connectivity index (χ2n) is 5.62. The second-order valence-corrected chi connectivity index (χ2v) is 5.62. The predicted octanol–water partition coefficient (Wildman–Crippen LogP) is 2.36. The van der Waals surface area contributed by atoms with E-state index in [0.29, 0.717) is 17.9 Å². The zero-order chi connectivity index (χ0) is 18.7.